The molecule has 0 amide bonds. The van der Waals surface area contributed by atoms with E-state index < -0.39 is 0 Å². The van der Waals surface area contributed by atoms with Crippen LogP contribution in [0.25, 0.3) is 22.2 Å². The number of nitrogens with zero attached hydrogens (tertiary/aromatic N) is 4. The number of hydrogen-bond donors (Lipinski definition) is 2. The lowest BCUT2D eigenvalue weighted by atomic mass is 10.1. The number of guanidine groups is 1. The Morgan fingerprint density at radius 3 is 2.74 bits per heavy atom. The standard InChI is InChI=1S/C20H21ClN6/c1-2-10-27-12-22-19(23-13-27)26-20-24-17-9-8-15(21)11-16(17)18(25-20)14-6-4-3-5-7-14/h3-9,11H,2,10,12-13H2,1H3,(H2,22,23,24,25,26). The first-order valence-electron chi connectivity index (χ1n) is 9.03. The number of aliphatic imine (C=N–C) groups is 1. The zero-order valence-corrected chi connectivity index (χ0v) is 15.9. The number of benzene rings is 2. The van der Waals surface area contributed by atoms with Crippen LogP contribution >= 0.6 is 11.6 Å². The van der Waals surface area contributed by atoms with Gasteiger partial charge >= 0.3 is 0 Å². The van der Waals surface area contributed by atoms with Crippen molar-refractivity contribution in [3.05, 3.63) is 53.6 Å². The first kappa shape index (κ1) is 17.7. The summed E-state index contributed by atoms with van der Waals surface area (Å²) in [6.45, 7) is 4.61. The van der Waals surface area contributed by atoms with E-state index in [1.807, 2.05) is 48.5 Å². The molecule has 0 atom stereocenters. The summed E-state index contributed by atoms with van der Waals surface area (Å²) in [6.07, 6.45) is 1.11. The SMILES string of the molecule is CCCN1CN=C(Nc2nc(-c3ccccc3)c3cc(Cl)ccc3n2)NC1. The number of anilines is 1. The minimum absolute atomic E-state index is 0.513. The second-order valence-electron chi connectivity index (χ2n) is 6.43. The summed E-state index contributed by atoms with van der Waals surface area (Å²) in [6, 6.07) is 15.7. The summed E-state index contributed by atoms with van der Waals surface area (Å²) in [5.74, 6) is 1.20. The molecule has 27 heavy (non-hydrogen) atoms. The lowest BCUT2D eigenvalue weighted by Crippen LogP contribution is -2.46. The van der Waals surface area contributed by atoms with E-state index in [4.69, 9.17) is 16.6 Å². The van der Waals surface area contributed by atoms with Crippen LogP contribution in [-0.2, 0) is 0 Å². The summed E-state index contributed by atoms with van der Waals surface area (Å²) in [5.41, 5.74) is 2.69. The maximum absolute atomic E-state index is 6.21. The number of aromatic nitrogens is 2. The van der Waals surface area contributed by atoms with Gasteiger partial charge in [-0.3, -0.25) is 10.2 Å². The first-order chi connectivity index (χ1) is 13.2. The van der Waals surface area contributed by atoms with Gasteiger partial charge in [-0.05, 0) is 24.6 Å². The normalized spacial score (nSPS) is 14.7. The fraction of sp³-hybridized carbons (Fsp3) is 0.250. The van der Waals surface area contributed by atoms with Crippen molar-refractivity contribution < 1.29 is 0 Å². The van der Waals surface area contributed by atoms with Gasteiger partial charge in [0, 0.05) is 22.5 Å². The third-order valence-corrected chi connectivity index (χ3v) is 4.61. The molecule has 0 spiro atoms. The van der Waals surface area contributed by atoms with E-state index in [9.17, 15) is 0 Å². The Balaban J connectivity index is 1.69. The van der Waals surface area contributed by atoms with Crippen molar-refractivity contribution in [2.75, 3.05) is 25.2 Å². The highest BCUT2D eigenvalue weighted by molar-refractivity contribution is 6.31. The third kappa shape index (κ3) is 4.02. The average molecular weight is 381 g/mol. The highest BCUT2D eigenvalue weighted by Crippen LogP contribution is 2.29. The van der Waals surface area contributed by atoms with Gasteiger partial charge in [0.1, 0.15) is 0 Å². The Hall–Kier alpha value is -2.70. The van der Waals surface area contributed by atoms with Gasteiger partial charge in [0.25, 0.3) is 0 Å². The highest BCUT2D eigenvalue weighted by Gasteiger charge is 2.14. The molecule has 6 nitrogen and oxygen atoms in total. The lowest BCUT2D eigenvalue weighted by Gasteiger charge is -2.26. The zero-order chi connectivity index (χ0) is 18.6. The molecule has 1 aliphatic rings. The van der Waals surface area contributed by atoms with E-state index in [1.54, 1.807) is 0 Å². The van der Waals surface area contributed by atoms with Crippen LogP contribution in [0.3, 0.4) is 0 Å². The van der Waals surface area contributed by atoms with Crippen molar-refractivity contribution in [3.63, 3.8) is 0 Å². The summed E-state index contributed by atoms with van der Waals surface area (Å²) in [7, 11) is 0. The van der Waals surface area contributed by atoms with Crippen molar-refractivity contribution >= 4 is 34.4 Å². The second-order valence-corrected chi connectivity index (χ2v) is 6.86. The van der Waals surface area contributed by atoms with Crippen LogP contribution in [-0.4, -0.2) is 40.7 Å². The maximum Gasteiger partial charge on any atom is 0.230 e. The average Bonchev–Trinajstić information content (AvgIpc) is 2.70. The Bertz CT molecular complexity index is 973. The van der Waals surface area contributed by atoms with E-state index in [1.165, 1.54) is 0 Å². The lowest BCUT2D eigenvalue weighted by molar-refractivity contribution is 0.265. The summed E-state index contributed by atoms with van der Waals surface area (Å²) >= 11 is 6.21. The monoisotopic (exact) mass is 380 g/mol. The molecule has 3 aromatic rings. The van der Waals surface area contributed by atoms with Gasteiger partial charge in [-0.1, -0.05) is 48.9 Å². The van der Waals surface area contributed by atoms with Gasteiger partial charge in [-0.25, -0.2) is 15.0 Å². The quantitative estimate of drug-likeness (QED) is 0.717. The second kappa shape index (κ2) is 7.90. The Labute approximate surface area is 163 Å². The molecule has 1 aliphatic heterocycles. The molecule has 0 unspecified atom stereocenters. The molecule has 2 aromatic carbocycles. The van der Waals surface area contributed by atoms with Crippen molar-refractivity contribution in [3.8, 4) is 11.3 Å². The summed E-state index contributed by atoms with van der Waals surface area (Å²) < 4.78 is 0. The Morgan fingerprint density at radius 1 is 1.15 bits per heavy atom. The van der Waals surface area contributed by atoms with E-state index >= 15 is 0 Å². The molecule has 0 radical (unpaired) electrons. The van der Waals surface area contributed by atoms with E-state index in [-0.39, 0.29) is 0 Å². The molecule has 7 heteroatoms. The number of fused-ring (bicyclic) bond motifs is 1. The molecule has 0 bridgehead atoms. The minimum Gasteiger partial charge on any atom is -0.343 e. The van der Waals surface area contributed by atoms with Crippen molar-refractivity contribution in [2.45, 2.75) is 13.3 Å². The highest BCUT2D eigenvalue weighted by atomic mass is 35.5. The largest absolute Gasteiger partial charge is 0.343 e. The molecule has 138 valence electrons. The van der Waals surface area contributed by atoms with Crippen molar-refractivity contribution in [2.24, 2.45) is 4.99 Å². The first-order valence-corrected chi connectivity index (χ1v) is 9.41. The van der Waals surface area contributed by atoms with Crippen LogP contribution in [0.1, 0.15) is 13.3 Å². The number of nitrogens with one attached hydrogen (secondary N) is 2. The molecule has 0 fully saturated rings. The topological polar surface area (TPSA) is 65.4 Å². The number of hydrogen-bond acceptors (Lipinski definition) is 6. The smallest absolute Gasteiger partial charge is 0.230 e. The van der Waals surface area contributed by atoms with Gasteiger partial charge in [-0.2, -0.15) is 0 Å². The van der Waals surface area contributed by atoms with Crippen LogP contribution in [0.15, 0.2) is 53.5 Å². The van der Waals surface area contributed by atoms with E-state index in [0.29, 0.717) is 23.6 Å². The number of rotatable bonds is 4. The predicted octanol–water partition coefficient (Wildman–Crippen LogP) is 3.95. The van der Waals surface area contributed by atoms with Gasteiger partial charge in [-0.15, -0.1) is 0 Å². The molecule has 0 saturated carbocycles. The molecule has 0 aliphatic carbocycles. The van der Waals surface area contributed by atoms with E-state index in [2.05, 4.69) is 32.4 Å². The molecule has 2 N–H and O–H groups in total. The Kier molecular flexibility index (Phi) is 5.18. The summed E-state index contributed by atoms with van der Waals surface area (Å²) in [4.78, 5) is 16.2. The fourth-order valence-corrected chi connectivity index (χ4v) is 3.26. The van der Waals surface area contributed by atoms with Crippen molar-refractivity contribution in [1.82, 2.24) is 20.2 Å². The molecular weight excluding hydrogens is 360 g/mol. The van der Waals surface area contributed by atoms with Gasteiger partial charge < -0.3 is 5.32 Å². The molecular formula is C20H21ClN6. The van der Waals surface area contributed by atoms with Gasteiger partial charge in [0.2, 0.25) is 11.9 Å². The maximum atomic E-state index is 6.21. The Morgan fingerprint density at radius 2 is 2.00 bits per heavy atom. The number of halogens is 1. The van der Waals surface area contributed by atoms with Crippen molar-refractivity contribution in [1.29, 1.82) is 0 Å². The predicted molar refractivity (Wildman–Crippen MR) is 111 cm³/mol. The molecule has 1 aromatic heterocycles. The van der Waals surface area contributed by atoms with Gasteiger partial charge in [0.05, 0.1) is 24.5 Å². The third-order valence-electron chi connectivity index (χ3n) is 4.37. The molecule has 2 heterocycles. The zero-order valence-electron chi connectivity index (χ0n) is 15.1. The van der Waals surface area contributed by atoms with Crippen LogP contribution in [0.4, 0.5) is 5.95 Å². The van der Waals surface area contributed by atoms with Gasteiger partial charge in [0.15, 0.2) is 0 Å². The van der Waals surface area contributed by atoms with Crippen LogP contribution in [0.5, 0.6) is 0 Å². The van der Waals surface area contributed by atoms with Crippen LogP contribution < -0.4 is 10.6 Å². The molecule has 0 saturated heterocycles. The van der Waals surface area contributed by atoms with E-state index in [0.717, 1.165) is 41.8 Å². The van der Waals surface area contributed by atoms with Crippen LogP contribution in [0, 0.1) is 0 Å². The summed E-state index contributed by atoms with van der Waals surface area (Å²) in [5, 5.41) is 8.09. The molecule has 4 rings (SSSR count). The van der Waals surface area contributed by atoms with Crippen LogP contribution in [0.2, 0.25) is 5.02 Å². The fourth-order valence-electron chi connectivity index (χ4n) is 3.09. The minimum atomic E-state index is 0.513.